The van der Waals surface area contributed by atoms with E-state index in [0.29, 0.717) is 0 Å². The second-order valence-corrected chi connectivity index (χ2v) is 5.84. The van der Waals surface area contributed by atoms with Crippen molar-refractivity contribution in [1.82, 2.24) is 0 Å². The fourth-order valence-electron chi connectivity index (χ4n) is 2.78. The quantitative estimate of drug-likeness (QED) is 0.265. The first-order valence-electron chi connectivity index (χ1n) is 7.40. The zero-order chi connectivity index (χ0) is 17.3. The molecule has 2 fully saturated rings. The molecule has 0 aromatic rings. The molecule has 2 aliphatic rings. The zero-order valence-corrected chi connectivity index (χ0v) is 12.5. The summed E-state index contributed by atoms with van der Waals surface area (Å²) < 4.78 is 15.9. The van der Waals surface area contributed by atoms with Gasteiger partial charge in [-0.1, -0.05) is 0 Å². The maximum absolute atomic E-state index is 10.1. The Morgan fingerprint density at radius 1 is 0.739 bits per heavy atom. The summed E-state index contributed by atoms with van der Waals surface area (Å²) >= 11 is 0. The minimum atomic E-state index is -1.66. The molecular formula is C13H24O10. The van der Waals surface area contributed by atoms with E-state index >= 15 is 0 Å². The van der Waals surface area contributed by atoms with E-state index in [4.69, 9.17) is 19.3 Å². The van der Waals surface area contributed by atoms with Crippen LogP contribution >= 0.6 is 0 Å². The first kappa shape index (κ1) is 18.9. The minimum absolute atomic E-state index is 0.518. The molecule has 0 bridgehead atoms. The molecule has 23 heavy (non-hydrogen) atoms. The second kappa shape index (κ2) is 7.66. The van der Waals surface area contributed by atoms with Gasteiger partial charge in [-0.15, -0.1) is 0 Å². The average molecular weight is 340 g/mol. The Labute approximate surface area is 132 Å². The predicted octanol–water partition coefficient (Wildman–Crippen LogP) is -4.33. The third-order valence-electron chi connectivity index (χ3n) is 4.24. The Hall–Kier alpha value is -0.400. The highest BCUT2D eigenvalue weighted by molar-refractivity contribution is 4.94. The summed E-state index contributed by atoms with van der Waals surface area (Å²) in [6, 6.07) is 0. The van der Waals surface area contributed by atoms with Crippen LogP contribution in [0.15, 0.2) is 0 Å². The number of ether oxygens (including phenoxy) is 3. The molecule has 0 spiro atoms. The smallest absolute Gasteiger partial charge is 0.187 e. The van der Waals surface area contributed by atoms with Gasteiger partial charge in [-0.2, -0.15) is 0 Å². The van der Waals surface area contributed by atoms with E-state index in [9.17, 15) is 30.6 Å². The van der Waals surface area contributed by atoms with Gasteiger partial charge in [0.15, 0.2) is 6.29 Å². The lowest BCUT2D eigenvalue weighted by Crippen LogP contribution is -2.64. The van der Waals surface area contributed by atoms with E-state index in [-0.39, 0.29) is 0 Å². The lowest BCUT2D eigenvalue weighted by Gasteiger charge is -2.45. The van der Waals surface area contributed by atoms with Crippen LogP contribution in [0.5, 0.6) is 0 Å². The molecule has 10 atom stereocenters. The van der Waals surface area contributed by atoms with Gasteiger partial charge in [0.1, 0.15) is 48.8 Å². The van der Waals surface area contributed by atoms with E-state index < -0.39 is 74.4 Å². The Kier molecular flexibility index (Phi) is 6.30. The minimum Gasteiger partial charge on any atom is -0.394 e. The van der Waals surface area contributed by atoms with Crippen LogP contribution in [0.2, 0.25) is 0 Å². The third kappa shape index (κ3) is 3.66. The van der Waals surface area contributed by atoms with Crippen molar-refractivity contribution >= 4 is 0 Å². The van der Waals surface area contributed by atoms with Gasteiger partial charge in [0.25, 0.3) is 0 Å². The standard InChI is InChI=1S/C13H24O10/c1-4-7(16)10(19)12(6(3-15)21-4)23-13-11(20)9(18)8(17)5(2-14)22-13/h4-20H,2-3H2,1H3/t4-,5+,6+,7-,8+,9-,10+,11+,12-,13+/m0/s1. The van der Waals surface area contributed by atoms with Gasteiger partial charge >= 0.3 is 0 Å². The summed E-state index contributed by atoms with van der Waals surface area (Å²) in [4.78, 5) is 0. The molecule has 2 rings (SSSR count). The van der Waals surface area contributed by atoms with E-state index in [2.05, 4.69) is 0 Å². The van der Waals surface area contributed by atoms with Gasteiger partial charge in [-0.05, 0) is 6.92 Å². The highest BCUT2D eigenvalue weighted by atomic mass is 16.7. The second-order valence-electron chi connectivity index (χ2n) is 5.84. The molecule has 2 heterocycles. The van der Waals surface area contributed by atoms with Gasteiger partial charge in [0.05, 0.1) is 19.3 Å². The Balaban J connectivity index is 2.11. The monoisotopic (exact) mass is 340 g/mol. The van der Waals surface area contributed by atoms with Gasteiger partial charge in [-0.25, -0.2) is 0 Å². The Morgan fingerprint density at radius 2 is 1.35 bits per heavy atom. The SMILES string of the molecule is C[C@@H]1O[C@H](CO)[C@H](O[C@H]2O[C@H](CO)[C@@H](O)[C@H](O)[C@H]2O)[C@H](O)[C@H]1O. The van der Waals surface area contributed by atoms with E-state index in [0.717, 1.165) is 0 Å². The largest absolute Gasteiger partial charge is 0.394 e. The van der Waals surface area contributed by atoms with Gasteiger partial charge in [0.2, 0.25) is 0 Å². The highest BCUT2D eigenvalue weighted by Gasteiger charge is 2.49. The highest BCUT2D eigenvalue weighted by Crippen LogP contribution is 2.28. The van der Waals surface area contributed by atoms with Crippen LogP contribution in [-0.2, 0) is 14.2 Å². The van der Waals surface area contributed by atoms with E-state index in [1.54, 1.807) is 0 Å². The van der Waals surface area contributed by atoms with Crippen LogP contribution in [0.4, 0.5) is 0 Å². The van der Waals surface area contributed by atoms with Crippen molar-refractivity contribution < 1.29 is 50.0 Å². The summed E-state index contributed by atoms with van der Waals surface area (Å²) in [6.45, 7) is 0.369. The topological polar surface area (TPSA) is 169 Å². The van der Waals surface area contributed by atoms with Gasteiger partial charge in [0, 0.05) is 0 Å². The summed E-state index contributed by atoms with van der Waals surface area (Å²) in [5.74, 6) is 0. The fraction of sp³-hybridized carbons (Fsp3) is 1.00. The van der Waals surface area contributed by atoms with Crippen LogP contribution in [-0.4, -0.2) is 110 Å². The third-order valence-corrected chi connectivity index (χ3v) is 4.24. The number of aliphatic hydroxyl groups is 7. The normalized spacial score (nSPS) is 51.7. The van der Waals surface area contributed by atoms with Crippen molar-refractivity contribution in [3.8, 4) is 0 Å². The fourth-order valence-corrected chi connectivity index (χ4v) is 2.78. The average Bonchev–Trinajstić information content (AvgIpc) is 2.55. The van der Waals surface area contributed by atoms with Crippen molar-refractivity contribution in [3.63, 3.8) is 0 Å². The van der Waals surface area contributed by atoms with Crippen LogP contribution < -0.4 is 0 Å². The maximum atomic E-state index is 10.1. The van der Waals surface area contributed by atoms with Gasteiger partial charge < -0.3 is 50.0 Å². The van der Waals surface area contributed by atoms with Crippen molar-refractivity contribution in [1.29, 1.82) is 0 Å². The number of hydrogen-bond donors (Lipinski definition) is 7. The number of aliphatic hydroxyl groups excluding tert-OH is 7. The Morgan fingerprint density at radius 3 is 1.91 bits per heavy atom. The van der Waals surface area contributed by atoms with Crippen LogP contribution in [0.1, 0.15) is 6.92 Å². The molecule has 10 nitrogen and oxygen atoms in total. The summed E-state index contributed by atoms with van der Waals surface area (Å²) in [5, 5.41) is 67.8. The number of hydrogen-bond acceptors (Lipinski definition) is 10. The molecule has 0 aromatic heterocycles. The lowest BCUT2D eigenvalue weighted by atomic mass is 9.95. The van der Waals surface area contributed by atoms with Crippen molar-refractivity contribution in [2.45, 2.75) is 68.1 Å². The van der Waals surface area contributed by atoms with Crippen LogP contribution in [0, 0.1) is 0 Å². The molecule has 0 aliphatic carbocycles. The molecule has 0 radical (unpaired) electrons. The molecule has 0 unspecified atom stereocenters. The van der Waals surface area contributed by atoms with Crippen molar-refractivity contribution in [3.05, 3.63) is 0 Å². The van der Waals surface area contributed by atoms with E-state index in [1.807, 2.05) is 0 Å². The molecule has 10 heteroatoms. The first-order valence-corrected chi connectivity index (χ1v) is 7.40. The zero-order valence-electron chi connectivity index (χ0n) is 12.5. The van der Waals surface area contributed by atoms with Crippen molar-refractivity contribution in [2.24, 2.45) is 0 Å². The molecule has 0 aromatic carbocycles. The molecule has 0 saturated carbocycles. The van der Waals surface area contributed by atoms with Crippen molar-refractivity contribution in [2.75, 3.05) is 13.2 Å². The first-order chi connectivity index (χ1) is 10.8. The maximum Gasteiger partial charge on any atom is 0.187 e. The summed E-state index contributed by atoms with van der Waals surface area (Å²) in [7, 11) is 0. The molecule has 0 amide bonds. The molecule has 7 N–H and O–H groups in total. The number of rotatable bonds is 4. The van der Waals surface area contributed by atoms with Crippen LogP contribution in [0.25, 0.3) is 0 Å². The molecule has 2 aliphatic heterocycles. The van der Waals surface area contributed by atoms with Gasteiger partial charge in [-0.3, -0.25) is 0 Å². The lowest BCUT2D eigenvalue weighted by molar-refractivity contribution is -0.341. The summed E-state index contributed by atoms with van der Waals surface area (Å²) in [5.41, 5.74) is 0. The Bertz CT molecular complexity index is 378. The summed E-state index contributed by atoms with van der Waals surface area (Å²) in [6.07, 6.45) is -13.2. The molecular weight excluding hydrogens is 316 g/mol. The van der Waals surface area contributed by atoms with E-state index in [1.165, 1.54) is 6.92 Å². The predicted molar refractivity (Wildman–Crippen MR) is 72.1 cm³/mol. The molecule has 136 valence electrons. The molecule has 2 saturated heterocycles. The van der Waals surface area contributed by atoms with Crippen LogP contribution in [0.3, 0.4) is 0 Å².